The van der Waals surface area contributed by atoms with Crippen LogP contribution in [0, 0.1) is 12.8 Å². The Morgan fingerprint density at radius 2 is 1.88 bits per heavy atom. The lowest BCUT2D eigenvalue weighted by atomic mass is 9.96. The van der Waals surface area contributed by atoms with E-state index in [1.165, 1.54) is 6.20 Å². The van der Waals surface area contributed by atoms with Gasteiger partial charge >= 0.3 is 0 Å². The van der Waals surface area contributed by atoms with Crippen molar-refractivity contribution in [1.82, 2.24) is 24.7 Å². The van der Waals surface area contributed by atoms with Gasteiger partial charge < -0.3 is 10.2 Å². The molecule has 32 heavy (non-hydrogen) atoms. The number of carbonyl (C=O) groups is 1. The molecule has 1 aromatic carbocycles. The number of rotatable bonds is 4. The van der Waals surface area contributed by atoms with Crippen LogP contribution < -0.4 is 15.8 Å². The molecule has 3 aromatic heterocycles. The van der Waals surface area contributed by atoms with Gasteiger partial charge in [-0.3, -0.25) is 14.6 Å². The van der Waals surface area contributed by atoms with Crippen LogP contribution in [0.15, 0.2) is 59.7 Å². The Kier molecular flexibility index (Phi) is 5.14. The molecule has 2 N–H and O–H groups in total. The number of nitrogens with one attached hydrogen (secondary N) is 2. The monoisotopic (exact) mass is 429 g/mol. The summed E-state index contributed by atoms with van der Waals surface area (Å²) < 4.78 is 1.67. The molecule has 0 unspecified atom stereocenters. The third kappa shape index (κ3) is 3.84. The number of pyridine rings is 1. The van der Waals surface area contributed by atoms with Gasteiger partial charge in [0.1, 0.15) is 11.2 Å². The summed E-state index contributed by atoms with van der Waals surface area (Å²) in [6, 6.07) is 13.3. The number of aryl methyl sites for hydroxylation is 1. The summed E-state index contributed by atoms with van der Waals surface area (Å²) >= 11 is 0. The van der Waals surface area contributed by atoms with Crippen molar-refractivity contribution in [2.75, 3.05) is 23.3 Å². The number of carbonyl (C=O) groups excluding carboxylic acids is 1. The van der Waals surface area contributed by atoms with Gasteiger partial charge in [0, 0.05) is 25.2 Å². The molecule has 1 aliphatic heterocycles. The molecule has 1 aliphatic rings. The van der Waals surface area contributed by atoms with E-state index in [2.05, 4.69) is 20.4 Å². The molecule has 9 nitrogen and oxygen atoms in total. The Morgan fingerprint density at radius 1 is 1.09 bits per heavy atom. The van der Waals surface area contributed by atoms with Crippen molar-refractivity contribution in [2.24, 2.45) is 5.92 Å². The third-order valence-electron chi connectivity index (χ3n) is 5.75. The highest BCUT2D eigenvalue weighted by molar-refractivity contribution is 5.91. The lowest BCUT2D eigenvalue weighted by molar-refractivity contribution is -0.120. The number of benzene rings is 1. The molecule has 0 spiro atoms. The zero-order valence-electron chi connectivity index (χ0n) is 17.7. The maximum absolute atomic E-state index is 12.6. The largest absolute Gasteiger partial charge is 0.342 e. The highest BCUT2D eigenvalue weighted by Crippen LogP contribution is 2.23. The van der Waals surface area contributed by atoms with Gasteiger partial charge in [0.25, 0.3) is 5.56 Å². The van der Waals surface area contributed by atoms with Gasteiger partial charge in [-0.25, -0.2) is 9.67 Å². The maximum Gasteiger partial charge on any atom is 0.263 e. The summed E-state index contributed by atoms with van der Waals surface area (Å²) in [6.45, 7) is 3.19. The molecule has 0 radical (unpaired) electrons. The molecule has 4 heterocycles. The second kappa shape index (κ2) is 8.26. The van der Waals surface area contributed by atoms with Gasteiger partial charge in [-0.15, -0.1) is 0 Å². The van der Waals surface area contributed by atoms with E-state index in [-0.39, 0.29) is 17.4 Å². The van der Waals surface area contributed by atoms with Crippen LogP contribution in [0.1, 0.15) is 18.4 Å². The molecule has 162 valence electrons. The fraction of sp³-hybridized carbons (Fsp3) is 0.261. The second-order valence-electron chi connectivity index (χ2n) is 7.99. The first-order valence-electron chi connectivity index (χ1n) is 10.6. The number of piperidine rings is 1. The minimum atomic E-state index is -0.225. The smallest absolute Gasteiger partial charge is 0.263 e. The molecule has 4 aromatic rings. The average molecular weight is 429 g/mol. The average Bonchev–Trinajstić information content (AvgIpc) is 3.26. The number of para-hydroxylation sites is 1. The summed E-state index contributed by atoms with van der Waals surface area (Å²) in [7, 11) is 0. The van der Waals surface area contributed by atoms with E-state index in [1.54, 1.807) is 10.9 Å². The summed E-state index contributed by atoms with van der Waals surface area (Å²) in [5, 5.41) is 7.69. The summed E-state index contributed by atoms with van der Waals surface area (Å²) in [4.78, 5) is 39.1. The Labute approximate surface area is 184 Å². The zero-order valence-corrected chi connectivity index (χ0v) is 17.7. The highest BCUT2D eigenvalue weighted by atomic mass is 16.2. The number of aromatic nitrogens is 5. The van der Waals surface area contributed by atoms with Crippen LogP contribution in [0.5, 0.6) is 0 Å². The van der Waals surface area contributed by atoms with Crippen LogP contribution in [0.4, 0.5) is 11.8 Å². The number of nitrogens with zero attached hydrogens (tertiary/aromatic N) is 5. The highest BCUT2D eigenvalue weighted by Gasteiger charge is 2.27. The Bertz CT molecular complexity index is 1300. The van der Waals surface area contributed by atoms with E-state index >= 15 is 0 Å². The normalized spacial score (nSPS) is 14.6. The maximum atomic E-state index is 12.6. The minimum absolute atomic E-state index is 0.0277. The van der Waals surface area contributed by atoms with Gasteiger partial charge in [-0.2, -0.15) is 10.1 Å². The molecule has 0 atom stereocenters. The van der Waals surface area contributed by atoms with Crippen LogP contribution in [0.2, 0.25) is 0 Å². The van der Waals surface area contributed by atoms with Crippen molar-refractivity contribution >= 4 is 28.7 Å². The van der Waals surface area contributed by atoms with Crippen molar-refractivity contribution < 1.29 is 4.79 Å². The number of H-pyrrole nitrogens is 1. The molecule has 1 fully saturated rings. The van der Waals surface area contributed by atoms with Crippen molar-refractivity contribution in [3.63, 3.8) is 0 Å². The number of hydrogen-bond donors (Lipinski definition) is 2. The van der Waals surface area contributed by atoms with Crippen molar-refractivity contribution in [3.05, 3.63) is 70.8 Å². The molecular weight excluding hydrogens is 406 g/mol. The SMILES string of the molecule is Cc1ccc(NC(=O)C2CCN(c3nc4c(cnn4-c4ccccc4)c(=O)[nH]3)CC2)nc1. The van der Waals surface area contributed by atoms with Gasteiger partial charge in [0.2, 0.25) is 11.9 Å². The fourth-order valence-electron chi connectivity index (χ4n) is 3.94. The van der Waals surface area contributed by atoms with Crippen LogP contribution in [-0.4, -0.2) is 43.7 Å². The second-order valence-corrected chi connectivity index (χ2v) is 7.99. The van der Waals surface area contributed by atoms with E-state index in [9.17, 15) is 9.59 Å². The Morgan fingerprint density at radius 3 is 2.59 bits per heavy atom. The number of fused-ring (bicyclic) bond motifs is 1. The molecule has 9 heteroatoms. The van der Waals surface area contributed by atoms with E-state index in [0.29, 0.717) is 48.7 Å². The van der Waals surface area contributed by atoms with Crippen molar-refractivity contribution in [2.45, 2.75) is 19.8 Å². The van der Waals surface area contributed by atoms with Crippen LogP contribution in [0.25, 0.3) is 16.7 Å². The molecule has 1 saturated heterocycles. The predicted octanol–water partition coefficient (Wildman–Crippen LogP) is 2.67. The quantitative estimate of drug-likeness (QED) is 0.516. The van der Waals surface area contributed by atoms with Gasteiger partial charge in [-0.05, 0) is 43.5 Å². The Balaban J connectivity index is 1.32. The van der Waals surface area contributed by atoms with Gasteiger partial charge in [-0.1, -0.05) is 24.3 Å². The summed E-state index contributed by atoms with van der Waals surface area (Å²) in [6.07, 6.45) is 4.60. The topological polar surface area (TPSA) is 109 Å². The number of aromatic amines is 1. The first kappa shape index (κ1) is 19.9. The summed E-state index contributed by atoms with van der Waals surface area (Å²) in [5.74, 6) is 0.924. The van der Waals surface area contributed by atoms with Crippen LogP contribution in [0.3, 0.4) is 0 Å². The standard InChI is InChI=1S/C23H23N7O2/c1-15-7-8-19(24-13-15)26-21(31)16-9-11-29(12-10-16)23-27-20-18(22(32)28-23)14-25-30(20)17-5-3-2-4-6-17/h2-8,13-14,16H,9-12H2,1H3,(H,24,26,31)(H,27,28,32). The van der Waals surface area contributed by atoms with E-state index in [4.69, 9.17) is 4.98 Å². The van der Waals surface area contributed by atoms with E-state index in [1.807, 2.05) is 54.3 Å². The van der Waals surface area contributed by atoms with E-state index in [0.717, 1.165) is 11.3 Å². The summed E-state index contributed by atoms with van der Waals surface area (Å²) in [5.41, 5.74) is 2.17. The van der Waals surface area contributed by atoms with Crippen molar-refractivity contribution in [1.29, 1.82) is 0 Å². The molecule has 1 amide bonds. The first-order valence-corrected chi connectivity index (χ1v) is 10.6. The third-order valence-corrected chi connectivity index (χ3v) is 5.75. The first-order chi connectivity index (χ1) is 15.6. The molecular formula is C23H23N7O2. The fourth-order valence-corrected chi connectivity index (χ4v) is 3.94. The minimum Gasteiger partial charge on any atom is -0.342 e. The Hall–Kier alpha value is -4.01. The lowest BCUT2D eigenvalue weighted by Gasteiger charge is -2.31. The predicted molar refractivity (Wildman–Crippen MR) is 122 cm³/mol. The molecule has 5 rings (SSSR count). The van der Waals surface area contributed by atoms with Gasteiger partial charge in [0.05, 0.1) is 11.9 Å². The molecule has 0 aliphatic carbocycles. The van der Waals surface area contributed by atoms with Crippen LogP contribution in [-0.2, 0) is 4.79 Å². The lowest BCUT2D eigenvalue weighted by Crippen LogP contribution is -2.39. The number of anilines is 2. The van der Waals surface area contributed by atoms with Crippen molar-refractivity contribution in [3.8, 4) is 5.69 Å². The van der Waals surface area contributed by atoms with E-state index < -0.39 is 0 Å². The number of hydrogen-bond acceptors (Lipinski definition) is 6. The number of amides is 1. The van der Waals surface area contributed by atoms with Gasteiger partial charge in [0.15, 0.2) is 5.65 Å². The molecule has 0 bridgehead atoms. The zero-order chi connectivity index (χ0) is 22.1. The molecule has 0 saturated carbocycles. The van der Waals surface area contributed by atoms with Crippen LogP contribution >= 0.6 is 0 Å².